The SMILES string of the molecule is CN(C=O)[C@H]1CC[C@H](C)CC1. The number of amides is 1. The molecule has 0 aliphatic heterocycles. The van der Waals surface area contributed by atoms with Crippen molar-refractivity contribution in [3.05, 3.63) is 0 Å². The van der Waals surface area contributed by atoms with Gasteiger partial charge in [-0.25, -0.2) is 0 Å². The molecule has 1 aliphatic carbocycles. The highest BCUT2D eigenvalue weighted by atomic mass is 16.1. The van der Waals surface area contributed by atoms with Crippen molar-refractivity contribution in [2.24, 2.45) is 5.92 Å². The molecule has 2 heteroatoms. The zero-order valence-corrected chi connectivity index (χ0v) is 7.42. The minimum Gasteiger partial charge on any atom is -0.345 e. The molecule has 1 amide bonds. The van der Waals surface area contributed by atoms with Crippen LogP contribution in [0.2, 0.25) is 0 Å². The van der Waals surface area contributed by atoms with E-state index in [4.69, 9.17) is 0 Å². The van der Waals surface area contributed by atoms with Crippen LogP contribution in [0.5, 0.6) is 0 Å². The Morgan fingerprint density at radius 3 is 2.27 bits per heavy atom. The molecule has 1 aliphatic rings. The maximum Gasteiger partial charge on any atom is 0.209 e. The molecular formula is C9H17NO. The Kier molecular flexibility index (Phi) is 2.92. The quantitative estimate of drug-likeness (QED) is 0.555. The van der Waals surface area contributed by atoms with Crippen LogP contribution in [0.1, 0.15) is 32.6 Å². The van der Waals surface area contributed by atoms with Crippen LogP contribution >= 0.6 is 0 Å². The molecule has 0 aromatic heterocycles. The molecule has 1 rings (SSSR count). The lowest BCUT2D eigenvalue weighted by molar-refractivity contribution is -0.119. The van der Waals surface area contributed by atoms with E-state index in [9.17, 15) is 4.79 Å². The van der Waals surface area contributed by atoms with Crippen molar-refractivity contribution in [2.45, 2.75) is 38.6 Å². The van der Waals surface area contributed by atoms with Crippen LogP contribution in [0.25, 0.3) is 0 Å². The van der Waals surface area contributed by atoms with E-state index in [-0.39, 0.29) is 0 Å². The third-order valence-electron chi connectivity index (χ3n) is 2.73. The summed E-state index contributed by atoms with van der Waals surface area (Å²) in [4.78, 5) is 12.2. The van der Waals surface area contributed by atoms with E-state index in [2.05, 4.69) is 6.92 Å². The lowest BCUT2D eigenvalue weighted by atomic mass is 9.87. The van der Waals surface area contributed by atoms with Crippen molar-refractivity contribution in [2.75, 3.05) is 7.05 Å². The van der Waals surface area contributed by atoms with Crippen LogP contribution in [-0.4, -0.2) is 24.4 Å². The number of carbonyl (C=O) groups is 1. The van der Waals surface area contributed by atoms with Gasteiger partial charge in [-0.3, -0.25) is 4.79 Å². The molecule has 2 nitrogen and oxygen atoms in total. The fraction of sp³-hybridized carbons (Fsp3) is 0.889. The molecule has 64 valence electrons. The van der Waals surface area contributed by atoms with Gasteiger partial charge in [0.05, 0.1) is 0 Å². The number of rotatable bonds is 2. The largest absolute Gasteiger partial charge is 0.345 e. The molecule has 0 aromatic carbocycles. The van der Waals surface area contributed by atoms with Gasteiger partial charge in [0.15, 0.2) is 0 Å². The summed E-state index contributed by atoms with van der Waals surface area (Å²) >= 11 is 0. The summed E-state index contributed by atoms with van der Waals surface area (Å²) < 4.78 is 0. The first-order chi connectivity index (χ1) is 5.24. The van der Waals surface area contributed by atoms with Crippen LogP contribution in [0.15, 0.2) is 0 Å². The first-order valence-corrected chi connectivity index (χ1v) is 4.41. The maximum atomic E-state index is 10.4. The number of hydrogen-bond donors (Lipinski definition) is 0. The molecule has 0 radical (unpaired) electrons. The lowest BCUT2D eigenvalue weighted by Gasteiger charge is -2.31. The van der Waals surface area contributed by atoms with Crippen LogP contribution in [0.3, 0.4) is 0 Å². The average molecular weight is 155 g/mol. The second kappa shape index (κ2) is 3.74. The fourth-order valence-corrected chi connectivity index (χ4v) is 1.74. The van der Waals surface area contributed by atoms with E-state index in [0.717, 1.165) is 12.3 Å². The van der Waals surface area contributed by atoms with E-state index in [0.29, 0.717) is 6.04 Å². The first kappa shape index (κ1) is 8.57. The van der Waals surface area contributed by atoms with Crippen molar-refractivity contribution in [3.8, 4) is 0 Å². The second-order valence-corrected chi connectivity index (χ2v) is 3.68. The Morgan fingerprint density at radius 2 is 1.82 bits per heavy atom. The van der Waals surface area contributed by atoms with Crippen LogP contribution in [-0.2, 0) is 4.79 Å². The van der Waals surface area contributed by atoms with Crippen LogP contribution in [0, 0.1) is 5.92 Å². The van der Waals surface area contributed by atoms with E-state index in [1.807, 2.05) is 11.9 Å². The van der Waals surface area contributed by atoms with Gasteiger partial charge in [-0.1, -0.05) is 6.92 Å². The van der Waals surface area contributed by atoms with Gasteiger partial charge in [-0.2, -0.15) is 0 Å². The molecule has 0 unspecified atom stereocenters. The van der Waals surface area contributed by atoms with Crippen molar-refractivity contribution in [1.82, 2.24) is 4.90 Å². The third-order valence-corrected chi connectivity index (χ3v) is 2.73. The lowest BCUT2D eigenvalue weighted by Crippen LogP contribution is -2.33. The number of carbonyl (C=O) groups excluding carboxylic acids is 1. The highest BCUT2D eigenvalue weighted by Crippen LogP contribution is 2.25. The Morgan fingerprint density at radius 1 is 1.27 bits per heavy atom. The first-order valence-electron chi connectivity index (χ1n) is 4.41. The molecule has 1 fully saturated rings. The summed E-state index contributed by atoms with van der Waals surface area (Å²) in [6, 6.07) is 0.517. The van der Waals surface area contributed by atoms with E-state index in [1.165, 1.54) is 25.7 Å². The molecular weight excluding hydrogens is 138 g/mol. The topological polar surface area (TPSA) is 20.3 Å². The van der Waals surface area contributed by atoms with Gasteiger partial charge in [0.25, 0.3) is 0 Å². The predicted octanol–water partition coefficient (Wildman–Crippen LogP) is 1.65. The van der Waals surface area contributed by atoms with Gasteiger partial charge in [-0.05, 0) is 31.6 Å². The van der Waals surface area contributed by atoms with Crippen LogP contribution < -0.4 is 0 Å². The molecule has 0 saturated heterocycles. The molecule has 0 N–H and O–H groups in total. The molecule has 0 spiro atoms. The van der Waals surface area contributed by atoms with Crippen LogP contribution in [0.4, 0.5) is 0 Å². The minimum atomic E-state index is 0.517. The summed E-state index contributed by atoms with van der Waals surface area (Å²) in [6.07, 6.45) is 5.89. The molecule has 0 heterocycles. The Bertz CT molecular complexity index is 128. The second-order valence-electron chi connectivity index (χ2n) is 3.68. The van der Waals surface area contributed by atoms with E-state index < -0.39 is 0 Å². The van der Waals surface area contributed by atoms with Gasteiger partial charge in [0.1, 0.15) is 0 Å². The number of nitrogens with zero attached hydrogens (tertiary/aromatic N) is 1. The summed E-state index contributed by atoms with van der Waals surface area (Å²) in [7, 11) is 1.88. The van der Waals surface area contributed by atoms with E-state index >= 15 is 0 Å². The smallest absolute Gasteiger partial charge is 0.209 e. The summed E-state index contributed by atoms with van der Waals surface area (Å²) in [5.74, 6) is 0.867. The highest BCUT2D eigenvalue weighted by Gasteiger charge is 2.20. The van der Waals surface area contributed by atoms with Gasteiger partial charge >= 0.3 is 0 Å². The number of hydrogen-bond acceptors (Lipinski definition) is 1. The Balaban J connectivity index is 2.32. The summed E-state index contributed by atoms with van der Waals surface area (Å²) in [5.41, 5.74) is 0. The van der Waals surface area contributed by atoms with Crippen molar-refractivity contribution >= 4 is 6.41 Å². The highest BCUT2D eigenvalue weighted by molar-refractivity contribution is 5.47. The normalized spacial score (nSPS) is 31.5. The van der Waals surface area contributed by atoms with Gasteiger partial charge < -0.3 is 4.90 Å². The third kappa shape index (κ3) is 2.21. The Hall–Kier alpha value is -0.530. The standard InChI is InChI=1S/C9H17NO/c1-8-3-5-9(6-4-8)10(2)7-11/h7-9H,3-6H2,1-2H3/t8-,9-. The fourth-order valence-electron chi connectivity index (χ4n) is 1.74. The molecule has 1 saturated carbocycles. The van der Waals surface area contributed by atoms with Crippen molar-refractivity contribution in [1.29, 1.82) is 0 Å². The minimum absolute atomic E-state index is 0.517. The van der Waals surface area contributed by atoms with Crippen molar-refractivity contribution in [3.63, 3.8) is 0 Å². The van der Waals surface area contributed by atoms with Crippen molar-refractivity contribution < 1.29 is 4.79 Å². The van der Waals surface area contributed by atoms with Gasteiger partial charge in [0, 0.05) is 13.1 Å². The molecule has 11 heavy (non-hydrogen) atoms. The zero-order chi connectivity index (χ0) is 8.27. The van der Waals surface area contributed by atoms with Gasteiger partial charge in [0.2, 0.25) is 6.41 Å². The summed E-state index contributed by atoms with van der Waals surface area (Å²) in [5, 5.41) is 0. The monoisotopic (exact) mass is 155 g/mol. The van der Waals surface area contributed by atoms with Gasteiger partial charge in [-0.15, -0.1) is 0 Å². The molecule has 0 atom stereocenters. The predicted molar refractivity (Wildman–Crippen MR) is 45.2 cm³/mol. The average Bonchev–Trinajstić information content (AvgIpc) is 2.05. The maximum absolute atomic E-state index is 10.4. The Labute approximate surface area is 68.6 Å². The zero-order valence-electron chi connectivity index (χ0n) is 7.42. The summed E-state index contributed by atoms with van der Waals surface area (Å²) in [6.45, 7) is 2.29. The van der Waals surface area contributed by atoms with E-state index in [1.54, 1.807) is 0 Å². The molecule has 0 bridgehead atoms. The molecule has 0 aromatic rings.